The highest BCUT2D eigenvalue weighted by Crippen LogP contribution is 2.32. The van der Waals surface area contributed by atoms with Crippen molar-refractivity contribution in [3.8, 4) is 0 Å². The van der Waals surface area contributed by atoms with E-state index in [9.17, 15) is 28.8 Å². The van der Waals surface area contributed by atoms with E-state index in [1.54, 1.807) is 6.07 Å². The number of nitrogens with zero attached hydrogens (tertiary/aromatic N) is 1. The minimum atomic E-state index is -4.47. The van der Waals surface area contributed by atoms with Gasteiger partial charge in [0.05, 0.1) is 23.4 Å². The molecule has 1 amide bonds. The molecule has 4 atom stereocenters. The van der Waals surface area contributed by atoms with Crippen LogP contribution in [0.1, 0.15) is 16.8 Å². The summed E-state index contributed by atoms with van der Waals surface area (Å²) in [7, 11) is -4.47. The summed E-state index contributed by atoms with van der Waals surface area (Å²) in [6.07, 6.45) is 4.10. The van der Waals surface area contributed by atoms with Crippen molar-refractivity contribution in [3.05, 3.63) is 70.6 Å². The van der Waals surface area contributed by atoms with Crippen molar-refractivity contribution in [3.63, 3.8) is 0 Å². The van der Waals surface area contributed by atoms with Gasteiger partial charge in [-0.3, -0.25) is 14.4 Å². The monoisotopic (exact) mass is 450 g/mol. The van der Waals surface area contributed by atoms with E-state index in [-0.39, 0.29) is 29.1 Å². The van der Waals surface area contributed by atoms with Crippen molar-refractivity contribution in [2.75, 3.05) is 4.72 Å². The van der Waals surface area contributed by atoms with Crippen LogP contribution in [0.4, 0.5) is 17.1 Å². The number of hydrogen-bond acceptors (Lipinski definition) is 8. The van der Waals surface area contributed by atoms with Gasteiger partial charge >= 0.3 is 0 Å². The lowest BCUT2D eigenvalue weighted by Gasteiger charge is -2.24. The number of quaternary nitrogens is 2. The van der Waals surface area contributed by atoms with Crippen molar-refractivity contribution in [2.45, 2.75) is 23.5 Å². The Morgan fingerprint density at radius 2 is 1.87 bits per heavy atom. The summed E-state index contributed by atoms with van der Waals surface area (Å²) < 4.78 is 28.1. The number of fused-ring (bicyclic) bond motifs is 2. The van der Waals surface area contributed by atoms with Gasteiger partial charge in [-0.05, 0) is 18.2 Å². The van der Waals surface area contributed by atoms with Gasteiger partial charge in [-0.1, -0.05) is 24.3 Å². The van der Waals surface area contributed by atoms with Gasteiger partial charge in [0.25, 0.3) is 15.9 Å². The van der Waals surface area contributed by atoms with E-state index < -0.39 is 37.0 Å². The number of amides is 1. The van der Waals surface area contributed by atoms with Gasteiger partial charge in [0.15, 0.2) is 16.3 Å². The second-order valence-corrected chi connectivity index (χ2v) is 8.59. The van der Waals surface area contributed by atoms with E-state index in [4.69, 9.17) is 10.0 Å². The molecule has 0 aromatic heterocycles. The molecule has 0 spiro atoms. The average Bonchev–Trinajstić information content (AvgIpc) is 3.36. The van der Waals surface area contributed by atoms with Crippen LogP contribution >= 0.6 is 0 Å². The van der Waals surface area contributed by atoms with E-state index in [1.807, 2.05) is 12.2 Å². The fourth-order valence-corrected chi connectivity index (χ4v) is 4.72. The van der Waals surface area contributed by atoms with Gasteiger partial charge in [0, 0.05) is 12.5 Å². The predicted molar refractivity (Wildman–Crippen MR) is 104 cm³/mol. The molecule has 2 bridgehead atoms. The number of carbonyl (C=O) groups excluding carboxylic acids is 1. The molecule has 0 saturated carbocycles. The molecule has 1 saturated heterocycles. The molecule has 1 fully saturated rings. The normalized spacial score (nSPS) is 21.9. The van der Waals surface area contributed by atoms with Crippen LogP contribution in [0.5, 0.6) is 0 Å². The van der Waals surface area contributed by atoms with Crippen molar-refractivity contribution >= 4 is 33.0 Å². The molecule has 5 N–H and O–H groups in total. The Kier molecular flexibility index (Phi) is 5.50. The maximum Gasteiger partial charge on any atom is 0.280 e. The van der Waals surface area contributed by atoms with E-state index in [0.29, 0.717) is 6.42 Å². The molecule has 4 rings (SSSR count). The van der Waals surface area contributed by atoms with Gasteiger partial charge in [-0.2, -0.15) is 10.5 Å². The number of rotatable bonds is 6. The Labute approximate surface area is 176 Å². The molecule has 12 nitrogen and oxygen atoms in total. The number of nitrogens with one attached hydrogen (secondary N) is 3. The van der Waals surface area contributed by atoms with Gasteiger partial charge in [-0.25, -0.2) is 23.9 Å². The van der Waals surface area contributed by atoms with Crippen LogP contribution in [0.2, 0.25) is 0 Å². The third-order valence-electron chi connectivity index (χ3n) is 4.92. The molecule has 31 heavy (non-hydrogen) atoms. The van der Waals surface area contributed by atoms with Crippen LogP contribution in [0.3, 0.4) is 0 Å². The van der Waals surface area contributed by atoms with Crippen molar-refractivity contribution in [1.82, 2.24) is 5.06 Å². The maximum absolute atomic E-state index is 12.9. The second kappa shape index (κ2) is 7.99. The largest absolute Gasteiger partial charge is 0.595 e. The summed E-state index contributed by atoms with van der Waals surface area (Å²) in [5.74, 6) is -0.546. The molecule has 2 aliphatic rings. The SMILES string of the molecule is O=C(c1ccccc1NS(=O)(=O)c1ccc([NH+]([O-])O)cc1[NH+]([O-])O)N1OC2C=CC1C2. The summed E-state index contributed by atoms with van der Waals surface area (Å²) >= 11 is 0. The summed E-state index contributed by atoms with van der Waals surface area (Å²) in [5, 5.41) is 39.3. The molecule has 13 heteroatoms. The molecular weight excluding hydrogens is 432 g/mol. The highest BCUT2D eigenvalue weighted by molar-refractivity contribution is 7.92. The first-order chi connectivity index (χ1) is 14.7. The van der Waals surface area contributed by atoms with E-state index >= 15 is 0 Å². The first kappa shape index (κ1) is 21.4. The van der Waals surface area contributed by atoms with Crippen LogP contribution in [-0.2, 0) is 14.9 Å². The molecule has 1 aliphatic carbocycles. The minimum Gasteiger partial charge on any atom is -0.595 e. The van der Waals surface area contributed by atoms with Crippen molar-refractivity contribution in [1.29, 1.82) is 0 Å². The maximum atomic E-state index is 12.9. The number of sulfonamides is 1. The first-order valence-electron chi connectivity index (χ1n) is 9.08. The predicted octanol–water partition coefficient (Wildman–Crippen LogP) is -0.621. The molecule has 0 radical (unpaired) electrons. The van der Waals surface area contributed by atoms with E-state index in [0.717, 1.165) is 18.2 Å². The number of hydrogen-bond donors (Lipinski definition) is 5. The Morgan fingerprint density at radius 1 is 1.13 bits per heavy atom. The Morgan fingerprint density at radius 3 is 2.48 bits per heavy atom. The highest BCUT2D eigenvalue weighted by Gasteiger charge is 2.39. The average molecular weight is 450 g/mol. The number of para-hydroxylation sites is 1. The summed E-state index contributed by atoms with van der Waals surface area (Å²) in [6.45, 7) is 0. The Hall–Kier alpha value is -2.88. The van der Waals surface area contributed by atoms with Gasteiger partial charge in [0.2, 0.25) is 0 Å². The molecule has 1 aliphatic heterocycles. The lowest BCUT2D eigenvalue weighted by molar-refractivity contribution is -0.997. The second-order valence-electron chi connectivity index (χ2n) is 6.94. The number of hydroxylamine groups is 2. The van der Waals surface area contributed by atoms with Crippen LogP contribution < -0.4 is 15.2 Å². The Balaban J connectivity index is 1.67. The van der Waals surface area contributed by atoms with Gasteiger partial charge < -0.3 is 10.4 Å². The van der Waals surface area contributed by atoms with Crippen molar-refractivity contribution < 1.29 is 38.9 Å². The topological polar surface area (TPSA) is 171 Å². The molecule has 2 aromatic carbocycles. The summed E-state index contributed by atoms with van der Waals surface area (Å²) in [5.41, 5.74) is -1.13. The number of anilines is 1. The molecule has 1 heterocycles. The zero-order chi connectivity index (χ0) is 22.3. The minimum absolute atomic E-state index is 0.0195. The molecule has 4 unspecified atom stereocenters. The zero-order valence-corrected chi connectivity index (χ0v) is 16.6. The number of benzene rings is 2. The van der Waals surface area contributed by atoms with E-state index in [2.05, 4.69) is 4.72 Å². The third kappa shape index (κ3) is 4.04. The van der Waals surface area contributed by atoms with Crippen molar-refractivity contribution in [2.24, 2.45) is 0 Å². The third-order valence-corrected chi connectivity index (χ3v) is 6.34. The fourth-order valence-electron chi connectivity index (χ4n) is 3.46. The standard InChI is InChI=1S/C18H18N4O8S/c23-18(20-11-5-7-13(9-11)30-20)14-3-1-2-4-15(14)19-31(28,29)17-8-6-12(21(24)25)10-16(17)22(26)27/h1-8,10-11,13,19,21-22,24,26H,9H2. The fraction of sp³-hybridized carbons (Fsp3) is 0.167. The lowest BCUT2D eigenvalue weighted by Crippen LogP contribution is -3.01. The number of carbonyl (C=O) groups is 1. The molecule has 164 valence electrons. The Bertz CT molecular complexity index is 1150. The molecular formula is C18H18N4O8S. The van der Waals surface area contributed by atoms with E-state index in [1.165, 1.54) is 23.3 Å². The van der Waals surface area contributed by atoms with Crippen LogP contribution in [0.25, 0.3) is 0 Å². The van der Waals surface area contributed by atoms with Gasteiger partial charge in [0.1, 0.15) is 6.10 Å². The first-order valence-corrected chi connectivity index (χ1v) is 10.6. The summed E-state index contributed by atoms with van der Waals surface area (Å²) in [6, 6.07) is 8.25. The highest BCUT2D eigenvalue weighted by atomic mass is 32.2. The molecule has 2 aromatic rings. The lowest BCUT2D eigenvalue weighted by atomic mass is 10.1. The quantitative estimate of drug-likeness (QED) is 0.286. The van der Waals surface area contributed by atoms with Crippen LogP contribution in [-0.4, -0.2) is 41.9 Å². The van der Waals surface area contributed by atoms with Crippen LogP contribution in [0.15, 0.2) is 59.5 Å². The van der Waals surface area contributed by atoms with Crippen LogP contribution in [0, 0.1) is 10.4 Å². The van der Waals surface area contributed by atoms with Gasteiger partial charge in [-0.15, -0.1) is 0 Å². The zero-order valence-electron chi connectivity index (χ0n) is 15.8. The summed E-state index contributed by atoms with van der Waals surface area (Å²) in [4.78, 5) is 17.8. The smallest absolute Gasteiger partial charge is 0.280 e.